The fourth-order valence-corrected chi connectivity index (χ4v) is 6.03. The molecule has 0 spiro atoms. The van der Waals surface area contributed by atoms with Crippen LogP contribution in [0.25, 0.3) is 0 Å². The Morgan fingerprint density at radius 3 is 2.54 bits per heavy atom. The van der Waals surface area contributed by atoms with E-state index in [1.807, 2.05) is 24.3 Å². The van der Waals surface area contributed by atoms with Crippen molar-refractivity contribution >= 4 is 70.4 Å². The van der Waals surface area contributed by atoms with Gasteiger partial charge in [0.2, 0.25) is 0 Å². The number of carbonyl (C=O) groups excluding carboxylic acids is 1. The molecule has 0 radical (unpaired) electrons. The number of nitrogens with zero attached hydrogens (tertiary/aromatic N) is 3. The number of nitrogens with one attached hydrogen (secondary N) is 2. The number of carbonyl (C=O) groups is 1. The summed E-state index contributed by atoms with van der Waals surface area (Å²) in [4.78, 5) is 21.5. The van der Waals surface area contributed by atoms with E-state index in [1.54, 1.807) is 31.7 Å². The quantitative estimate of drug-likeness (QED) is 0.298. The Morgan fingerprint density at radius 2 is 1.86 bits per heavy atom. The monoisotopic (exact) mass is 723 g/mol. The fourth-order valence-electron chi connectivity index (χ4n) is 4.05. The molecule has 0 unspecified atom stereocenters. The SMILES string of the molecule is COc1cc2c(cc1Nc1nc[c]([Tl])c(Nc3ccccc3P(C)(C)=O)n1)CN(C(=O)C(F)(F)F)CC2. The number of amides is 1. The number of benzene rings is 2. The van der Waals surface area contributed by atoms with E-state index in [2.05, 4.69) is 20.6 Å². The Labute approximate surface area is 228 Å². The van der Waals surface area contributed by atoms with Crippen LogP contribution in [0.4, 0.5) is 36.3 Å². The molecular formula is C24H24F3N5O3PTl. The Hall–Kier alpha value is -2.67. The van der Waals surface area contributed by atoms with Crippen molar-refractivity contribution in [2.24, 2.45) is 0 Å². The first-order valence-electron chi connectivity index (χ1n) is 11.2. The minimum atomic E-state index is -4.92. The first-order chi connectivity index (χ1) is 17.4. The molecule has 37 heavy (non-hydrogen) atoms. The summed E-state index contributed by atoms with van der Waals surface area (Å²) in [5.74, 6) is -0.553. The van der Waals surface area contributed by atoms with Crippen molar-refractivity contribution in [2.75, 3.05) is 37.6 Å². The van der Waals surface area contributed by atoms with Gasteiger partial charge >= 0.3 is 216 Å². The molecule has 0 fully saturated rings. The number of para-hydroxylation sites is 1. The maximum absolute atomic E-state index is 13.0. The summed E-state index contributed by atoms with van der Waals surface area (Å²) in [6.45, 7) is 3.22. The zero-order valence-electron chi connectivity index (χ0n) is 20.4. The summed E-state index contributed by atoms with van der Waals surface area (Å²) < 4.78 is 58.0. The molecule has 192 valence electrons. The molecule has 1 aromatic heterocycles. The van der Waals surface area contributed by atoms with Gasteiger partial charge in [-0.15, -0.1) is 0 Å². The average molecular weight is 723 g/mol. The van der Waals surface area contributed by atoms with E-state index < -0.39 is 19.2 Å². The summed E-state index contributed by atoms with van der Waals surface area (Å²) in [6, 6.07) is 10.8. The molecule has 1 aliphatic rings. The Bertz CT molecular complexity index is 1400. The van der Waals surface area contributed by atoms with Crippen molar-refractivity contribution in [1.82, 2.24) is 14.9 Å². The van der Waals surface area contributed by atoms with Crippen molar-refractivity contribution < 1.29 is 27.3 Å². The van der Waals surface area contributed by atoms with Crippen LogP contribution in [0.3, 0.4) is 0 Å². The third kappa shape index (κ3) is 6.25. The number of rotatable bonds is 6. The second-order valence-electron chi connectivity index (χ2n) is 8.91. The third-order valence-electron chi connectivity index (χ3n) is 5.86. The van der Waals surface area contributed by atoms with Gasteiger partial charge in [0.05, 0.1) is 0 Å². The summed E-state index contributed by atoms with van der Waals surface area (Å²) in [5.41, 5.74) is 2.56. The number of hydrogen-bond acceptors (Lipinski definition) is 7. The van der Waals surface area contributed by atoms with E-state index >= 15 is 0 Å². The number of methoxy groups -OCH3 is 1. The topological polar surface area (TPSA) is 96.4 Å². The predicted molar refractivity (Wildman–Crippen MR) is 138 cm³/mol. The molecule has 2 aromatic carbocycles. The molecule has 4 rings (SSSR count). The Kier molecular flexibility index (Phi) is 7.84. The van der Waals surface area contributed by atoms with Gasteiger partial charge in [-0.1, -0.05) is 0 Å². The van der Waals surface area contributed by atoms with Crippen LogP contribution in [-0.2, 0) is 22.3 Å². The van der Waals surface area contributed by atoms with Crippen LogP contribution in [0.1, 0.15) is 11.1 Å². The molecule has 1 aliphatic heterocycles. The summed E-state index contributed by atoms with van der Waals surface area (Å²) in [6.07, 6.45) is -2.94. The Balaban J connectivity index is 1.63. The van der Waals surface area contributed by atoms with E-state index in [0.29, 0.717) is 59.6 Å². The van der Waals surface area contributed by atoms with Crippen molar-refractivity contribution in [1.29, 1.82) is 0 Å². The number of halogens is 3. The van der Waals surface area contributed by atoms with Gasteiger partial charge in [0.1, 0.15) is 0 Å². The molecule has 0 aliphatic carbocycles. The van der Waals surface area contributed by atoms with Gasteiger partial charge in [-0.25, -0.2) is 0 Å². The van der Waals surface area contributed by atoms with Crippen molar-refractivity contribution in [3.63, 3.8) is 0 Å². The fraction of sp³-hybridized carbons (Fsp3) is 0.292. The first-order valence-corrected chi connectivity index (χ1v) is 16.1. The van der Waals surface area contributed by atoms with Crippen molar-refractivity contribution in [3.8, 4) is 5.75 Å². The summed E-state index contributed by atoms with van der Waals surface area (Å²) in [7, 11) is -1.05. The molecule has 13 heteroatoms. The molecule has 3 aromatic rings. The van der Waals surface area contributed by atoms with Gasteiger partial charge in [-0.3, -0.25) is 0 Å². The number of fused-ring (bicyclic) bond motifs is 1. The predicted octanol–water partition coefficient (Wildman–Crippen LogP) is 3.46. The maximum atomic E-state index is 13.0. The van der Waals surface area contributed by atoms with Gasteiger partial charge in [0.15, 0.2) is 0 Å². The number of hydrogen-bond donors (Lipinski definition) is 2. The number of aromatic nitrogens is 2. The van der Waals surface area contributed by atoms with Crippen LogP contribution >= 0.6 is 7.14 Å². The Morgan fingerprint density at radius 1 is 1.14 bits per heavy atom. The van der Waals surface area contributed by atoms with Gasteiger partial charge in [0.25, 0.3) is 0 Å². The van der Waals surface area contributed by atoms with Crippen LogP contribution in [0, 0.1) is 0 Å². The number of alkyl halides is 3. The number of ether oxygens (including phenoxy) is 1. The van der Waals surface area contributed by atoms with Gasteiger partial charge < -0.3 is 0 Å². The van der Waals surface area contributed by atoms with Crippen molar-refractivity contribution in [2.45, 2.75) is 19.1 Å². The van der Waals surface area contributed by atoms with Crippen LogP contribution < -0.4 is 23.8 Å². The molecular weight excluding hydrogens is 699 g/mol. The van der Waals surface area contributed by atoms with E-state index in [4.69, 9.17) is 4.74 Å². The van der Waals surface area contributed by atoms with E-state index in [9.17, 15) is 22.5 Å². The molecule has 0 saturated carbocycles. The molecule has 0 saturated heterocycles. The molecule has 2 N–H and O–H groups in total. The third-order valence-corrected chi connectivity index (χ3v) is 9.06. The minimum absolute atomic E-state index is 0.0219. The van der Waals surface area contributed by atoms with E-state index in [0.717, 1.165) is 13.6 Å². The van der Waals surface area contributed by atoms with Crippen molar-refractivity contribution in [3.05, 3.63) is 53.7 Å². The standard InChI is InChI=1S/C24H24F3N5O3P.Tl/c1-35-19-13-15-9-11-32(22(33)24(25,26)27)14-16(15)12-18(19)30-23-28-10-8-21(31-23)29-17-6-4-5-7-20(17)36(2,3)34;/h4-7,10,12-13H,9,11,14H2,1-3H3,(H2,28,29,30,31);. The molecule has 2 heterocycles. The average Bonchev–Trinajstić information content (AvgIpc) is 2.84. The second-order valence-corrected chi connectivity index (χ2v) is 14.5. The van der Waals surface area contributed by atoms with Crippen LogP contribution in [0.15, 0.2) is 42.6 Å². The van der Waals surface area contributed by atoms with Crippen LogP contribution in [0.2, 0.25) is 0 Å². The normalized spacial score (nSPS) is 13.6. The molecule has 0 atom stereocenters. The summed E-state index contributed by atoms with van der Waals surface area (Å²) in [5, 5.41) is 7.09. The molecule has 0 bridgehead atoms. The first kappa shape index (κ1) is 27.4. The molecule has 1 amide bonds. The van der Waals surface area contributed by atoms with Gasteiger partial charge in [-0.05, 0) is 0 Å². The van der Waals surface area contributed by atoms with Gasteiger partial charge in [-0.2, -0.15) is 13.2 Å². The van der Waals surface area contributed by atoms with Crippen LogP contribution in [0.5, 0.6) is 5.75 Å². The van der Waals surface area contributed by atoms with Crippen LogP contribution in [-0.4, -0.2) is 79.7 Å². The summed E-state index contributed by atoms with van der Waals surface area (Å²) >= 11 is 0.416. The zero-order valence-corrected chi connectivity index (χ0v) is 25.8. The second kappa shape index (κ2) is 10.6. The van der Waals surface area contributed by atoms with E-state index in [-0.39, 0.29) is 25.5 Å². The van der Waals surface area contributed by atoms with Gasteiger partial charge in [0, 0.05) is 0 Å². The van der Waals surface area contributed by atoms with E-state index in [1.165, 1.54) is 7.11 Å². The zero-order chi connectivity index (χ0) is 27.0. The number of anilines is 4. The molecule has 8 nitrogen and oxygen atoms in total.